The summed E-state index contributed by atoms with van der Waals surface area (Å²) in [6.45, 7) is 0. The van der Waals surface area contributed by atoms with Gasteiger partial charge in [0, 0.05) is 28.1 Å². The van der Waals surface area contributed by atoms with E-state index in [0.717, 1.165) is 18.2 Å². The Bertz CT molecular complexity index is 3540. The normalized spacial score (nSPS) is 23.8. The van der Waals surface area contributed by atoms with Gasteiger partial charge < -0.3 is 10.3 Å². The molecule has 0 aliphatic carbocycles. The number of benzene rings is 4. The average molecular weight is 937 g/mol. The van der Waals surface area contributed by atoms with Crippen molar-refractivity contribution in [1.82, 2.24) is 10.3 Å². The van der Waals surface area contributed by atoms with Gasteiger partial charge in [0.05, 0.1) is 34.6 Å². The molecule has 5 heterocycles. The van der Waals surface area contributed by atoms with Crippen molar-refractivity contribution in [3.63, 3.8) is 0 Å². The summed E-state index contributed by atoms with van der Waals surface area (Å²) in [5, 5.41) is 2.61. The number of hydrogen-bond acceptors (Lipinski definition) is 11. The summed E-state index contributed by atoms with van der Waals surface area (Å²) in [5.74, 6) is 0. The predicted molar refractivity (Wildman–Crippen MR) is 239 cm³/mol. The molecule has 4 aromatic carbocycles. The first-order valence-corrected chi connectivity index (χ1v) is 24.7. The number of hydrogen-bond donors (Lipinski definition) is 6. The molecular formula is C44H32N4O12S4. The Balaban J connectivity index is 1.57. The largest absolute Gasteiger partial charge is 0.373 e. The molecule has 0 fully saturated rings. The molecule has 324 valence electrons. The number of fused-ring (bicyclic) bond motifs is 6. The van der Waals surface area contributed by atoms with E-state index in [1.165, 1.54) is 36.4 Å². The number of nitrogens with one attached hydrogen (secondary N) is 2. The summed E-state index contributed by atoms with van der Waals surface area (Å²) in [6, 6.07) is 31.5. The van der Waals surface area contributed by atoms with Crippen LogP contribution >= 0.6 is 0 Å². The molecule has 16 nitrogen and oxygen atoms in total. The highest BCUT2D eigenvalue weighted by atomic mass is 32.2. The van der Waals surface area contributed by atoms with Crippen molar-refractivity contribution in [2.45, 2.75) is 10.8 Å². The molecule has 8 bridgehead atoms. The number of H-pyrrole nitrogens is 1. The SMILES string of the molecule is O=S(=O)(O)C1=C/C2=C(\c3ccccc3)c3ccc([nH]3)/C(c3ccccc3)=C3/C=CC(=N3)/C(c3ccccc3)=C3\NC(C(S(=O)(=O)O)=C3S(=O)(=O)O)C(c3ccccc3)(S(=O)(=O)O)C1=N2. The minimum absolute atomic E-state index is 0.0615. The first kappa shape index (κ1) is 42.7. The number of nitrogens with zero attached hydrogens (tertiary/aromatic N) is 2. The Morgan fingerprint density at radius 1 is 0.516 bits per heavy atom. The van der Waals surface area contributed by atoms with E-state index in [4.69, 9.17) is 4.99 Å². The minimum atomic E-state index is -6.14. The zero-order valence-electron chi connectivity index (χ0n) is 32.6. The molecule has 2 unspecified atom stereocenters. The van der Waals surface area contributed by atoms with Crippen LogP contribution in [0.2, 0.25) is 0 Å². The van der Waals surface area contributed by atoms with Gasteiger partial charge in [-0.25, -0.2) is 9.98 Å². The van der Waals surface area contributed by atoms with Crippen molar-refractivity contribution < 1.29 is 51.9 Å². The number of rotatable bonds is 8. The second-order valence-corrected chi connectivity index (χ2v) is 20.5. The van der Waals surface area contributed by atoms with Gasteiger partial charge in [-0.2, -0.15) is 33.7 Å². The molecule has 20 heteroatoms. The molecule has 0 spiro atoms. The quantitative estimate of drug-likeness (QED) is 0.0985. The van der Waals surface area contributed by atoms with Gasteiger partial charge in [-0.3, -0.25) is 18.2 Å². The Hall–Kier alpha value is -6.62. The Labute approximate surface area is 366 Å². The maximum Gasteiger partial charge on any atom is 0.297 e. The topological polar surface area (TPSA) is 270 Å². The Morgan fingerprint density at radius 3 is 1.47 bits per heavy atom. The van der Waals surface area contributed by atoms with Crippen LogP contribution in [0.15, 0.2) is 193 Å². The molecule has 5 aromatic rings. The maximum absolute atomic E-state index is 14.7. The number of aromatic amines is 1. The van der Waals surface area contributed by atoms with Crippen LogP contribution in [0.3, 0.4) is 0 Å². The summed E-state index contributed by atoms with van der Waals surface area (Å²) >= 11 is 0. The average Bonchev–Trinajstić information content (AvgIpc) is 4.07. The molecule has 4 aliphatic heterocycles. The highest BCUT2D eigenvalue weighted by molar-refractivity contribution is 7.94. The lowest BCUT2D eigenvalue weighted by Crippen LogP contribution is -2.58. The van der Waals surface area contributed by atoms with Crippen molar-refractivity contribution in [2.75, 3.05) is 0 Å². The fourth-order valence-electron chi connectivity index (χ4n) is 8.51. The molecule has 1 aromatic heterocycles. The monoisotopic (exact) mass is 936 g/mol. The van der Waals surface area contributed by atoms with Crippen molar-refractivity contribution in [1.29, 1.82) is 0 Å². The second kappa shape index (κ2) is 15.3. The third-order valence-corrected chi connectivity index (χ3v) is 15.4. The van der Waals surface area contributed by atoms with E-state index in [1.807, 2.05) is 12.1 Å². The minimum Gasteiger partial charge on any atom is -0.373 e. The molecule has 2 atom stereocenters. The fraction of sp³-hybridized carbons (Fsp3) is 0.0455. The first-order chi connectivity index (χ1) is 30.3. The highest BCUT2D eigenvalue weighted by Crippen LogP contribution is 2.51. The lowest BCUT2D eigenvalue weighted by Gasteiger charge is -2.38. The Morgan fingerprint density at radius 2 is 1.00 bits per heavy atom. The van der Waals surface area contributed by atoms with Gasteiger partial charge in [0.15, 0.2) is 4.75 Å². The number of aromatic nitrogens is 1. The number of allylic oxidation sites excluding steroid dienone is 5. The summed E-state index contributed by atoms with van der Waals surface area (Å²) < 4.78 is 154. The third-order valence-electron chi connectivity index (χ3n) is 11.0. The van der Waals surface area contributed by atoms with Crippen LogP contribution in [-0.4, -0.2) is 74.3 Å². The molecule has 4 aliphatic rings. The van der Waals surface area contributed by atoms with E-state index < -0.39 is 82.9 Å². The standard InChI is InChI=1S/C44H32N4O12S4/c49-61(50,51)35-25-34-37(27-15-7-2-8-16-27)32-22-21-30(45-32)36(26-13-5-1-6-14-26)31-23-24-33(46-31)38(28-17-9-3-10-18-28)39-40(62(52,53)54)41(63(55,56)57)43(48-39)44(42(35)47-34,64(58,59)60)29-19-11-4-12-20-29/h1-25,43,45,48H,(H,49,50,51)(H,52,53,54)(H,55,56,57)(H,58,59,60)/b36-31-,37-34-,39-38-. The van der Waals surface area contributed by atoms with E-state index in [0.29, 0.717) is 22.4 Å². The van der Waals surface area contributed by atoms with Crippen LogP contribution in [0, 0.1) is 0 Å². The second-order valence-electron chi connectivity index (χ2n) is 14.7. The molecule has 0 saturated heterocycles. The molecule has 0 radical (unpaired) electrons. The highest BCUT2D eigenvalue weighted by Gasteiger charge is 2.65. The van der Waals surface area contributed by atoms with Crippen LogP contribution in [0.5, 0.6) is 0 Å². The van der Waals surface area contributed by atoms with Gasteiger partial charge in [0.1, 0.15) is 14.7 Å². The smallest absolute Gasteiger partial charge is 0.297 e. The lowest BCUT2D eigenvalue weighted by molar-refractivity contribution is 0.432. The molecule has 0 amide bonds. The van der Waals surface area contributed by atoms with Crippen LogP contribution in [0.4, 0.5) is 0 Å². The maximum atomic E-state index is 14.7. The van der Waals surface area contributed by atoms with Gasteiger partial charge >= 0.3 is 0 Å². The summed E-state index contributed by atoms with van der Waals surface area (Å²) in [7, 11) is -23.7. The van der Waals surface area contributed by atoms with Gasteiger partial charge in [-0.15, -0.1) is 0 Å². The summed E-state index contributed by atoms with van der Waals surface area (Å²) in [6.07, 6.45) is 3.89. The first-order valence-electron chi connectivity index (χ1n) is 18.9. The van der Waals surface area contributed by atoms with Crippen molar-refractivity contribution in [3.05, 3.63) is 217 Å². The van der Waals surface area contributed by atoms with Crippen LogP contribution in [0.1, 0.15) is 33.6 Å². The van der Waals surface area contributed by atoms with E-state index in [1.54, 1.807) is 84.9 Å². The van der Waals surface area contributed by atoms with Crippen molar-refractivity contribution >= 4 is 68.6 Å². The van der Waals surface area contributed by atoms with Crippen LogP contribution in [-0.2, 0) is 45.2 Å². The lowest BCUT2D eigenvalue weighted by atomic mass is 9.85. The molecule has 6 N–H and O–H groups in total. The zero-order valence-corrected chi connectivity index (χ0v) is 35.9. The van der Waals surface area contributed by atoms with Gasteiger partial charge in [0.25, 0.3) is 40.5 Å². The van der Waals surface area contributed by atoms with Crippen molar-refractivity contribution in [2.24, 2.45) is 9.98 Å². The number of aliphatic imine (C=N–C) groups is 2. The predicted octanol–water partition coefficient (Wildman–Crippen LogP) is 5.94. The molecular weight excluding hydrogens is 905 g/mol. The van der Waals surface area contributed by atoms with E-state index >= 15 is 0 Å². The molecule has 64 heavy (non-hydrogen) atoms. The fourth-order valence-corrected chi connectivity index (χ4v) is 13.0. The van der Waals surface area contributed by atoms with Crippen LogP contribution in [0.25, 0.3) is 16.7 Å². The molecule has 0 saturated carbocycles. The van der Waals surface area contributed by atoms with E-state index in [-0.39, 0.29) is 39.5 Å². The van der Waals surface area contributed by atoms with E-state index in [2.05, 4.69) is 15.3 Å². The Kier molecular flexibility index (Phi) is 10.2. The van der Waals surface area contributed by atoms with Crippen molar-refractivity contribution in [3.8, 4) is 0 Å². The summed E-state index contributed by atoms with van der Waals surface area (Å²) in [5.41, 5.74) is -0.536. The zero-order chi connectivity index (χ0) is 45.4. The van der Waals surface area contributed by atoms with Gasteiger partial charge in [-0.1, -0.05) is 121 Å². The molecule has 9 rings (SSSR count). The van der Waals surface area contributed by atoms with Gasteiger partial charge in [0.2, 0.25) is 0 Å². The van der Waals surface area contributed by atoms with Crippen LogP contribution < -0.4 is 5.32 Å². The third kappa shape index (κ3) is 7.05. The van der Waals surface area contributed by atoms with E-state index in [9.17, 15) is 51.9 Å². The van der Waals surface area contributed by atoms with Gasteiger partial charge in [-0.05, 0) is 52.6 Å². The summed E-state index contributed by atoms with van der Waals surface area (Å²) in [4.78, 5) is 8.31.